The van der Waals surface area contributed by atoms with Crippen molar-refractivity contribution >= 4 is 35.6 Å². The molecule has 0 bridgehead atoms. The second-order valence-corrected chi connectivity index (χ2v) is 7.05. The summed E-state index contributed by atoms with van der Waals surface area (Å²) in [7, 11) is 0. The van der Waals surface area contributed by atoms with Crippen LogP contribution >= 0.6 is 11.8 Å². The zero-order chi connectivity index (χ0) is 21.3. The van der Waals surface area contributed by atoms with Gasteiger partial charge in [-0.15, -0.1) is 11.8 Å². The highest BCUT2D eigenvalue weighted by Gasteiger charge is 2.52. The summed E-state index contributed by atoms with van der Waals surface area (Å²) in [6, 6.07) is 1.98. The number of carbonyl (C=O) groups is 4. The van der Waals surface area contributed by atoms with E-state index in [4.69, 9.17) is 28.9 Å². The maximum Gasteiger partial charge on any atom is 0.303 e. The summed E-state index contributed by atoms with van der Waals surface area (Å²) in [5.74, 6) is -2.25. The summed E-state index contributed by atoms with van der Waals surface area (Å²) in [6.45, 7) is 4.42. The van der Waals surface area contributed by atoms with Gasteiger partial charge in [-0.3, -0.25) is 19.2 Å². The predicted octanol–water partition coefficient (Wildman–Crippen LogP) is 0.716. The first-order valence-electron chi connectivity index (χ1n) is 8.44. The molecule has 28 heavy (non-hydrogen) atoms. The monoisotopic (exact) mass is 417 g/mol. The lowest BCUT2D eigenvalue weighted by molar-refractivity contribution is -0.237. The standard InChI is InChI=1S/C17H23NO9S/c1-9(19)23-8-13-14(24-10(2)20)15(25-11(3)21)16(26-12(4)22)17(27-13)28-7-5-6-18/h13-17H,5,7-8H2,1-4H3/t13-,14-,15+,16+,17-/m0/s1. The van der Waals surface area contributed by atoms with Crippen molar-refractivity contribution < 1.29 is 42.9 Å². The second-order valence-electron chi connectivity index (χ2n) is 5.85. The third-order valence-electron chi connectivity index (χ3n) is 3.44. The van der Waals surface area contributed by atoms with E-state index in [0.29, 0.717) is 5.75 Å². The van der Waals surface area contributed by atoms with Crippen LogP contribution in [-0.4, -0.2) is 66.1 Å². The summed E-state index contributed by atoms with van der Waals surface area (Å²) >= 11 is 1.17. The van der Waals surface area contributed by atoms with Crippen LogP contribution in [-0.2, 0) is 42.9 Å². The van der Waals surface area contributed by atoms with E-state index in [0.717, 1.165) is 13.8 Å². The van der Waals surface area contributed by atoms with Crippen LogP contribution in [0.15, 0.2) is 0 Å². The van der Waals surface area contributed by atoms with Crippen molar-refractivity contribution in [3.8, 4) is 6.07 Å². The summed E-state index contributed by atoms with van der Waals surface area (Å²) in [4.78, 5) is 46.0. The fourth-order valence-electron chi connectivity index (χ4n) is 2.54. The Balaban J connectivity index is 3.23. The first-order chi connectivity index (χ1) is 13.1. The van der Waals surface area contributed by atoms with Crippen LogP contribution in [0, 0.1) is 11.3 Å². The molecule has 1 aliphatic rings. The lowest BCUT2D eigenvalue weighted by Gasteiger charge is -2.44. The van der Waals surface area contributed by atoms with Gasteiger partial charge in [0, 0.05) is 39.9 Å². The van der Waals surface area contributed by atoms with Crippen molar-refractivity contribution in [1.82, 2.24) is 0 Å². The first-order valence-corrected chi connectivity index (χ1v) is 9.49. The van der Waals surface area contributed by atoms with Crippen molar-refractivity contribution in [2.75, 3.05) is 12.4 Å². The number of esters is 4. The Kier molecular flexibility index (Phi) is 9.75. The molecule has 0 radical (unpaired) electrons. The third-order valence-corrected chi connectivity index (χ3v) is 4.59. The van der Waals surface area contributed by atoms with Crippen LogP contribution in [0.1, 0.15) is 34.1 Å². The maximum absolute atomic E-state index is 11.6. The number of hydrogen-bond acceptors (Lipinski definition) is 11. The van der Waals surface area contributed by atoms with E-state index in [1.807, 2.05) is 6.07 Å². The van der Waals surface area contributed by atoms with Crippen LogP contribution in [0.4, 0.5) is 0 Å². The minimum absolute atomic E-state index is 0.206. The molecule has 0 aliphatic carbocycles. The fourth-order valence-corrected chi connectivity index (χ4v) is 3.61. The van der Waals surface area contributed by atoms with Gasteiger partial charge in [-0.25, -0.2) is 0 Å². The molecule has 0 aromatic carbocycles. The third kappa shape index (κ3) is 7.74. The molecule has 1 rings (SSSR count). The van der Waals surface area contributed by atoms with Crippen molar-refractivity contribution in [3.05, 3.63) is 0 Å². The minimum Gasteiger partial charge on any atom is -0.463 e. The van der Waals surface area contributed by atoms with Crippen molar-refractivity contribution in [2.45, 2.75) is 64.0 Å². The molecule has 0 spiro atoms. The molecule has 1 heterocycles. The van der Waals surface area contributed by atoms with Gasteiger partial charge in [0.05, 0.1) is 6.07 Å². The van der Waals surface area contributed by atoms with E-state index in [1.165, 1.54) is 25.6 Å². The van der Waals surface area contributed by atoms with Gasteiger partial charge in [-0.05, 0) is 0 Å². The summed E-state index contributed by atoms with van der Waals surface area (Å²) in [5.41, 5.74) is -0.839. The molecule has 11 heteroatoms. The van der Waals surface area contributed by atoms with E-state index in [2.05, 4.69) is 0 Å². The molecule has 0 N–H and O–H groups in total. The van der Waals surface area contributed by atoms with Crippen LogP contribution in [0.2, 0.25) is 0 Å². The van der Waals surface area contributed by atoms with Gasteiger partial charge < -0.3 is 23.7 Å². The van der Waals surface area contributed by atoms with E-state index in [1.54, 1.807) is 0 Å². The Morgan fingerprint density at radius 2 is 1.43 bits per heavy atom. The number of thioether (sulfide) groups is 1. The van der Waals surface area contributed by atoms with Crippen LogP contribution in [0.3, 0.4) is 0 Å². The topological polar surface area (TPSA) is 138 Å². The van der Waals surface area contributed by atoms with Gasteiger partial charge in [-0.2, -0.15) is 5.26 Å². The molecule has 1 saturated heterocycles. The number of rotatable bonds is 8. The molecule has 1 fully saturated rings. The average Bonchev–Trinajstić information content (AvgIpc) is 2.57. The molecule has 10 nitrogen and oxygen atoms in total. The van der Waals surface area contributed by atoms with Crippen LogP contribution in [0.5, 0.6) is 0 Å². The van der Waals surface area contributed by atoms with Gasteiger partial charge in [0.15, 0.2) is 18.3 Å². The highest BCUT2D eigenvalue weighted by atomic mass is 32.2. The Morgan fingerprint density at radius 3 is 1.93 bits per heavy atom. The molecule has 5 atom stereocenters. The zero-order valence-electron chi connectivity index (χ0n) is 16.0. The molecule has 0 unspecified atom stereocenters. The molecule has 0 saturated carbocycles. The van der Waals surface area contributed by atoms with Gasteiger partial charge in [0.1, 0.15) is 18.1 Å². The fraction of sp³-hybridized carbons (Fsp3) is 0.706. The van der Waals surface area contributed by atoms with Crippen molar-refractivity contribution in [2.24, 2.45) is 0 Å². The van der Waals surface area contributed by atoms with E-state index >= 15 is 0 Å². The largest absolute Gasteiger partial charge is 0.463 e. The molecule has 0 aromatic heterocycles. The smallest absolute Gasteiger partial charge is 0.303 e. The summed E-state index contributed by atoms with van der Waals surface area (Å²) in [6.07, 6.45) is -4.21. The van der Waals surface area contributed by atoms with Gasteiger partial charge in [0.25, 0.3) is 0 Å². The lowest BCUT2D eigenvalue weighted by Crippen LogP contribution is -2.61. The highest BCUT2D eigenvalue weighted by molar-refractivity contribution is 7.99. The first kappa shape index (κ1) is 23.7. The minimum atomic E-state index is -1.18. The Labute approximate surface area is 166 Å². The molecule has 0 amide bonds. The average molecular weight is 417 g/mol. The van der Waals surface area contributed by atoms with Crippen LogP contribution in [0.25, 0.3) is 0 Å². The molecule has 1 aliphatic heterocycles. The van der Waals surface area contributed by atoms with Crippen molar-refractivity contribution in [1.29, 1.82) is 5.26 Å². The number of carbonyl (C=O) groups excluding carboxylic acids is 4. The van der Waals surface area contributed by atoms with Crippen molar-refractivity contribution in [3.63, 3.8) is 0 Å². The van der Waals surface area contributed by atoms with Gasteiger partial charge in [0.2, 0.25) is 0 Å². The van der Waals surface area contributed by atoms with Gasteiger partial charge in [-0.1, -0.05) is 0 Å². The highest BCUT2D eigenvalue weighted by Crippen LogP contribution is 2.34. The molecule has 0 aromatic rings. The quantitative estimate of drug-likeness (QED) is 0.313. The Morgan fingerprint density at radius 1 is 0.893 bits per heavy atom. The number of nitrogens with zero attached hydrogens (tertiary/aromatic N) is 1. The maximum atomic E-state index is 11.6. The zero-order valence-corrected chi connectivity index (χ0v) is 16.9. The van der Waals surface area contributed by atoms with E-state index in [-0.39, 0.29) is 13.0 Å². The number of nitriles is 1. The predicted molar refractivity (Wildman–Crippen MR) is 94.6 cm³/mol. The second kappa shape index (κ2) is 11.5. The summed E-state index contributed by atoms with van der Waals surface area (Å²) < 4.78 is 26.7. The van der Waals surface area contributed by atoms with Gasteiger partial charge >= 0.3 is 23.9 Å². The van der Waals surface area contributed by atoms with E-state index in [9.17, 15) is 19.2 Å². The number of ether oxygens (including phenoxy) is 5. The molecule has 156 valence electrons. The normalized spacial score (nSPS) is 26.5. The van der Waals surface area contributed by atoms with E-state index < -0.39 is 53.7 Å². The van der Waals surface area contributed by atoms with Crippen LogP contribution < -0.4 is 0 Å². The molecular weight excluding hydrogens is 394 g/mol. The Bertz CT molecular complexity index is 633. The lowest BCUT2D eigenvalue weighted by atomic mass is 9.99. The SMILES string of the molecule is CC(=O)OC[C@@H]1O[C@@H](SCCC#N)[C@H](OC(C)=O)[C@H](OC(C)=O)[C@H]1OC(C)=O. The Hall–Kier alpha value is -2.32. The molecular formula is C17H23NO9S. The summed E-state index contributed by atoms with van der Waals surface area (Å²) in [5, 5.41) is 8.74. The number of hydrogen-bond donors (Lipinski definition) is 0.